The summed E-state index contributed by atoms with van der Waals surface area (Å²) in [6.07, 6.45) is 0.518. The van der Waals surface area contributed by atoms with Crippen LogP contribution in [0.25, 0.3) is 10.8 Å². The fourth-order valence-corrected chi connectivity index (χ4v) is 4.15. The summed E-state index contributed by atoms with van der Waals surface area (Å²) in [4.78, 5) is 27.4. The van der Waals surface area contributed by atoms with Crippen molar-refractivity contribution >= 4 is 38.5 Å². The van der Waals surface area contributed by atoms with E-state index in [1.54, 1.807) is 4.90 Å². The van der Waals surface area contributed by atoms with E-state index in [-0.39, 0.29) is 18.4 Å². The second-order valence-corrected chi connectivity index (χ2v) is 8.01. The van der Waals surface area contributed by atoms with Gasteiger partial charge in [-0.2, -0.15) is 0 Å². The molecule has 0 aromatic heterocycles. The fraction of sp³-hybridized carbons (Fsp3) is 0.280. The molecule has 3 rings (SSSR count). The standard InChI is InChI=1S/C25H27BrN2O3/c1-3-21(25(30)27-4-2)28(16-18-10-6-5-7-11-18)23(29)17-31-22-15-14-19-12-8-9-13-20(19)24(22)26/h5-15,21H,3-4,16-17H2,1-2H3,(H,27,30)/t21-/m0/s1. The molecule has 0 fully saturated rings. The summed E-state index contributed by atoms with van der Waals surface area (Å²) in [5.41, 5.74) is 0.963. The highest BCUT2D eigenvalue weighted by molar-refractivity contribution is 9.10. The Bertz CT molecular complexity index is 1040. The van der Waals surface area contributed by atoms with Crippen LogP contribution in [0.2, 0.25) is 0 Å². The van der Waals surface area contributed by atoms with Crippen molar-refractivity contribution < 1.29 is 14.3 Å². The number of benzene rings is 3. The normalized spacial score (nSPS) is 11.7. The van der Waals surface area contributed by atoms with Crippen molar-refractivity contribution in [2.24, 2.45) is 0 Å². The third-order valence-corrected chi connectivity index (χ3v) is 5.93. The first-order chi connectivity index (χ1) is 15.0. The molecule has 0 spiro atoms. The van der Waals surface area contributed by atoms with Crippen LogP contribution in [0.1, 0.15) is 25.8 Å². The van der Waals surface area contributed by atoms with Crippen LogP contribution >= 0.6 is 15.9 Å². The zero-order chi connectivity index (χ0) is 22.2. The van der Waals surface area contributed by atoms with E-state index < -0.39 is 6.04 Å². The molecule has 2 amide bonds. The van der Waals surface area contributed by atoms with Gasteiger partial charge in [0.25, 0.3) is 5.91 Å². The number of carbonyl (C=O) groups is 2. The van der Waals surface area contributed by atoms with Gasteiger partial charge in [0.15, 0.2) is 6.61 Å². The number of carbonyl (C=O) groups excluding carboxylic acids is 2. The largest absolute Gasteiger partial charge is 0.483 e. The van der Waals surface area contributed by atoms with E-state index in [0.29, 0.717) is 25.3 Å². The highest BCUT2D eigenvalue weighted by Crippen LogP contribution is 2.33. The van der Waals surface area contributed by atoms with Crippen LogP contribution in [0.5, 0.6) is 5.75 Å². The molecule has 1 atom stereocenters. The molecule has 0 aliphatic heterocycles. The zero-order valence-corrected chi connectivity index (χ0v) is 19.4. The van der Waals surface area contributed by atoms with Gasteiger partial charge in [0, 0.05) is 13.1 Å². The number of ether oxygens (including phenoxy) is 1. The van der Waals surface area contributed by atoms with Crippen molar-refractivity contribution in [2.45, 2.75) is 32.9 Å². The zero-order valence-electron chi connectivity index (χ0n) is 17.8. The highest BCUT2D eigenvalue weighted by atomic mass is 79.9. The van der Waals surface area contributed by atoms with E-state index in [0.717, 1.165) is 20.8 Å². The molecule has 0 radical (unpaired) electrons. The molecular weight excluding hydrogens is 456 g/mol. The Morgan fingerprint density at radius 1 is 1.00 bits per heavy atom. The number of nitrogens with zero attached hydrogens (tertiary/aromatic N) is 1. The van der Waals surface area contributed by atoms with Gasteiger partial charge in [0.2, 0.25) is 5.91 Å². The molecule has 31 heavy (non-hydrogen) atoms. The van der Waals surface area contributed by atoms with Gasteiger partial charge in [-0.1, -0.05) is 67.6 Å². The van der Waals surface area contributed by atoms with Gasteiger partial charge in [0.05, 0.1) is 4.47 Å². The minimum atomic E-state index is -0.559. The predicted octanol–water partition coefficient (Wildman–Crippen LogP) is 4.92. The average Bonchev–Trinajstić information content (AvgIpc) is 2.79. The minimum Gasteiger partial charge on any atom is -0.483 e. The van der Waals surface area contributed by atoms with Crippen LogP contribution in [0, 0.1) is 0 Å². The summed E-state index contributed by atoms with van der Waals surface area (Å²) in [6, 6.07) is 20.9. The van der Waals surface area contributed by atoms with E-state index in [1.807, 2.05) is 80.6 Å². The van der Waals surface area contributed by atoms with Crippen LogP contribution in [0.3, 0.4) is 0 Å². The lowest BCUT2D eigenvalue weighted by Crippen LogP contribution is -2.50. The van der Waals surface area contributed by atoms with Crippen molar-refractivity contribution in [2.75, 3.05) is 13.2 Å². The van der Waals surface area contributed by atoms with Gasteiger partial charge in [-0.15, -0.1) is 0 Å². The maximum absolute atomic E-state index is 13.2. The summed E-state index contributed by atoms with van der Waals surface area (Å²) in [7, 11) is 0. The molecule has 0 bridgehead atoms. The Hall–Kier alpha value is -2.86. The summed E-state index contributed by atoms with van der Waals surface area (Å²) < 4.78 is 6.70. The molecule has 0 heterocycles. The highest BCUT2D eigenvalue weighted by Gasteiger charge is 2.28. The number of hydrogen-bond donors (Lipinski definition) is 1. The maximum Gasteiger partial charge on any atom is 0.261 e. The maximum atomic E-state index is 13.2. The topological polar surface area (TPSA) is 58.6 Å². The summed E-state index contributed by atoms with van der Waals surface area (Å²) in [5.74, 6) is 0.209. The average molecular weight is 483 g/mol. The molecule has 1 N–H and O–H groups in total. The van der Waals surface area contributed by atoms with Crippen molar-refractivity contribution in [3.8, 4) is 5.75 Å². The third-order valence-electron chi connectivity index (χ3n) is 5.11. The number of nitrogens with one attached hydrogen (secondary N) is 1. The van der Waals surface area contributed by atoms with Crippen LogP contribution in [-0.4, -0.2) is 35.9 Å². The molecule has 3 aromatic rings. The molecule has 6 heteroatoms. The summed E-state index contributed by atoms with van der Waals surface area (Å²) in [6.45, 7) is 4.49. The van der Waals surface area contributed by atoms with Crippen molar-refractivity contribution in [3.63, 3.8) is 0 Å². The van der Waals surface area contributed by atoms with E-state index in [4.69, 9.17) is 4.74 Å². The number of hydrogen-bond acceptors (Lipinski definition) is 3. The number of halogens is 1. The van der Waals surface area contributed by atoms with Crippen LogP contribution < -0.4 is 10.1 Å². The Labute approximate surface area is 191 Å². The second-order valence-electron chi connectivity index (χ2n) is 7.21. The predicted molar refractivity (Wildman–Crippen MR) is 127 cm³/mol. The van der Waals surface area contributed by atoms with Gasteiger partial charge in [0.1, 0.15) is 11.8 Å². The molecular formula is C25H27BrN2O3. The minimum absolute atomic E-state index is 0.152. The van der Waals surface area contributed by atoms with Gasteiger partial charge >= 0.3 is 0 Å². The molecule has 3 aromatic carbocycles. The SMILES string of the molecule is CCNC(=O)[C@H](CC)N(Cc1ccccc1)C(=O)COc1ccc2ccccc2c1Br. The molecule has 5 nitrogen and oxygen atoms in total. The molecule has 0 saturated carbocycles. The Morgan fingerprint density at radius 2 is 1.71 bits per heavy atom. The number of likely N-dealkylation sites (N-methyl/N-ethyl adjacent to an activating group) is 1. The fourth-order valence-electron chi connectivity index (χ4n) is 3.54. The molecule has 0 saturated heterocycles. The first kappa shape index (κ1) is 22.8. The van der Waals surface area contributed by atoms with Crippen molar-refractivity contribution in [3.05, 3.63) is 76.8 Å². The number of amides is 2. The first-order valence-electron chi connectivity index (χ1n) is 10.5. The quantitative estimate of drug-likeness (QED) is 0.470. The van der Waals surface area contributed by atoms with Gasteiger partial charge in [-0.25, -0.2) is 0 Å². The van der Waals surface area contributed by atoms with Gasteiger partial charge < -0.3 is 15.0 Å². The molecule has 162 valence electrons. The van der Waals surface area contributed by atoms with Gasteiger partial charge in [-0.05, 0) is 51.7 Å². The summed E-state index contributed by atoms with van der Waals surface area (Å²) >= 11 is 3.60. The first-order valence-corrected chi connectivity index (χ1v) is 11.3. The van der Waals surface area contributed by atoms with E-state index >= 15 is 0 Å². The summed E-state index contributed by atoms with van der Waals surface area (Å²) in [5, 5.41) is 4.94. The molecule has 0 unspecified atom stereocenters. The van der Waals surface area contributed by atoms with Crippen molar-refractivity contribution in [1.82, 2.24) is 10.2 Å². The van der Waals surface area contributed by atoms with Crippen LogP contribution in [0.4, 0.5) is 0 Å². The lowest BCUT2D eigenvalue weighted by Gasteiger charge is -2.30. The second kappa shape index (κ2) is 11.0. The van der Waals surface area contributed by atoms with E-state index in [1.165, 1.54) is 0 Å². The molecule has 0 aliphatic carbocycles. The number of rotatable bonds is 9. The Morgan fingerprint density at radius 3 is 2.42 bits per heavy atom. The third kappa shape index (κ3) is 5.64. The smallest absolute Gasteiger partial charge is 0.261 e. The van der Waals surface area contributed by atoms with Crippen LogP contribution in [-0.2, 0) is 16.1 Å². The van der Waals surface area contributed by atoms with Gasteiger partial charge in [-0.3, -0.25) is 9.59 Å². The Balaban J connectivity index is 1.80. The lowest BCUT2D eigenvalue weighted by molar-refractivity contribution is -0.142. The van der Waals surface area contributed by atoms with E-state index in [9.17, 15) is 9.59 Å². The monoisotopic (exact) mass is 482 g/mol. The lowest BCUT2D eigenvalue weighted by atomic mass is 10.1. The Kier molecular flexibility index (Phi) is 8.06. The number of fused-ring (bicyclic) bond motifs is 1. The molecule has 0 aliphatic rings. The van der Waals surface area contributed by atoms with Crippen molar-refractivity contribution in [1.29, 1.82) is 0 Å². The van der Waals surface area contributed by atoms with E-state index in [2.05, 4.69) is 21.2 Å². The van der Waals surface area contributed by atoms with Crippen LogP contribution in [0.15, 0.2) is 71.2 Å².